The normalized spacial score (nSPS) is 30.0. The van der Waals surface area contributed by atoms with Gasteiger partial charge in [-0.25, -0.2) is 14.2 Å². The molecule has 31 heavy (non-hydrogen) atoms. The minimum atomic E-state index is -4.85. The van der Waals surface area contributed by atoms with Crippen LogP contribution in [0.1, 0.15) is 22.8 Å². The van der Waals surface area contributed by atoms with Gasteiger partial charge in [0.25, 0.3) is 0 Å². The third-order valence-corrected chi connectivity index (χ3v) is 6.17. The molecule has 3 aliphatic heterocycles. The molecule has 3 aliphatic rings. The summed E-state index contributed by atoms with van der Waals surface area (Å²) in [5.41, 5.74) is 8.16. The molecule has 3 heterocycles. The number of halogens is 5. The molecule has 4 atom stereocenters. The predicted octanol–water partition coefficient (Wildman–Crippen LogP) is 1.39. The van der Waals surface area contributed by atoms with E-state index in [1.54, 1.807) is 6.92 Å². The molecule has 9 nitrogen and oxygen atoms in total. The Labute approximate surface area is 177 Å². The molecule has 4 unspecified atom stereocenters. The van der Waals surface area contributed by atoms with E-state index in [1.807, 2.05) is 0 Å². The van der Waals surface area contributed by atoms with Crippen molar-refractivity contribution in [2.24, 2.45) is 27.4 Å². The van der Waals surface area contributed by atoms with Crippen molar-refractivity contribution in [2.45, 2.75) is 30.9 Å². The number of rotatable bonds is 2. The molecular weight excluding hydrogens is 448 g/mol. The number of carbonyl (C=O) groups is 1. The van der Waals surface area contributed by atoms with Crippen molar-refractivity contribution < 1.29 is 32.3 Å². The molecule has 14 heteroatoms. The van der Waals surface area contributed by atoms with Crippen LogP contribution in [0.4, 0.5) is 17.6 Å². The fraction of sp³-hybridized carbons (Fsp3) is 0.471. The van der Waals surface area contributed by atoms with Crippen LogP contribution in [0, 0.1) is 11.7 Å². The molecule has 0 aromatic heterocycles. The van der Waals surface area contributed by atoms with Crippen molar-refractivity contribution in [3.05, 3.63) is 34.1 Å². The van der Waals surface area contributed by atoms with Crippen LogP contribution < -0.4 is 11.5 Å². The second-order valence-corrected chi connectivity index (χ2v) is 7.86. The number of carbonyl (C=O) groups excluding carboxylic acids is 1. The number of nitrogens with two attached hydrogens (primary N) is 2. The van der Waals surface area contributed by atoms with Gasteiger partial charge in [0.2, 0.25) is 5.96 Å². The zero-order chi connectivity index (χ0) is 22.9. The summed E-state index contributed by atoms with van der Waals surface area (Å²) in [6.07, 6.45) is -5.86. The zero-order valence-corrected chi connectivity index (χ0v) is 16.7. The average Bonchev–Trinajstić information content (AvgIpc) is 3.12. The van der Waals surface area contributed by atoms with E-state index in [4.69, 9.17) is 27.8 Å². The number of nitrogens with zero attached hydrogens (tertiary/aromatic N) is 4. The largest absolute Gasteiger partial charge is 0.456 e. The number of aliphatic imine (C=N–C) groups is 2. The lowest BCUT2D eigenvalue weighted by Gasteiger charge is -2.46. The number of hydroxylamine groups is 2. The van der Waals surface area contributed by atoms with Gasteiger partial charge in [-0.3, -0.25) is 10.2 Å². The summed E-state index contributed by atoms with van der Waals surface area (Å²) in [6, 6.07) is 0.0839. The summed E-state index contributed by atoms with van der Waals surface area (Å²) >= 11 is 5.55. The standard InChI is InChI=1S/C17H17ClF4N6O3/c1-6-10(5-27-14(23)25-4-11-16(6,27)28(30)15(24)26-11)31-13(29)8-2-7(17(20,21)22)3-9(18)12(8)19/h2-3,6,10-11,30H,4-5H2,1H3,(H2,23,25)(H2,24,26). The second-order valence-electron chi connectivity index (χ2n) is 7.46. The van der Waals surface area contributed by atoms with Gasteiger partial charge in [0, 0.05) is 5.92 Å². The van der Waals surface area contributed by atoms with E-state index in [1.165, 1.54) is 4.90 Å². The maximum atomic E-state index is 14.3. The van der Waals surface area contributed by atoms with Gasteiger partial charge in [-0.15, -0.1) is 0 Å². The Morgan fingerprint density at radius 2 is 2.03 bits per heavy atom. The minimum Gasteiger partial charge on any atom is -0.456 e. The third kappa shape index (κ3) is 2.97. The first-order valence-corrected chi connectivity index (χ1v) is 9.44. The Bertz CT molecular complexity index is 1020. The molecule has 1 aromatic carbocycles. The highest BCUT2D eigenvalue weighted by molar-refractivity contribution is 6.31. The lowest BCUT2D eigenvalue weighted by atomic mass is 9.86. The van der Waals surface area contributed by atoms with Crippen LogP contribution in [0.25, 0.3) is 0 Å². The number of benzene rings is 1. The van der Waals surface area contributed by atoms with Crippen molar-refractivity contribution in [2.75, 3.05) is 13.1 Å². The van der Waals surface area contributed by atoms with Gasteiger partial charge in [-0.2, -0.15) is 18.2 Å². The van der Waals surface area contributed by atoms with Crippen LogP contribution in [-0.4, -0.2) is 64.0 Å². The fourth-order valence-electron chi connectivity index (χ4n) is 4.39. The van der Waals surface area contributed by atoms with Gasteiger partial charge in [0.05, 0.1) is 29.2 Å². The van der Waals surface area contributed by atoms with Crippen LogP contribution >= 0.6 is 11.6 Å². The highest BCUT2D eigenvalue weighted by Gasteiger charge is 2.66. The summed E-state index contributed by atoms with van der Waals surface area (Å²) in [6.45, 7) is 1.66. The Morgan fingerprint density at radius 1 is 1.35 bits per heavy atom. The van der Waals surface area contributed by atoms with Crippen LogP contribution in [0.3, 0.4) is 0 Å². The quantitative estimate of drug-likeness (QED) is 0.445. The summed E-state index contributed by atoms with van der Waals surface area (Å²) in [5.74, 6) is -3.51. The van der Waals surface area contributed by atoms with E-state index in [0.29, 0.717) is 12.1 Å². The number of ether oxygens (including phenoxy) is 1. The first kappa shape index (κ1) is 21.4. The number of alkyl halides is 3. The van der Waals surface area contributed by atoms with E-state index in [2.05, 4.69) is 9.98 Å². The Balaban J connectivity index is 1.66. The first-order chi connectivity index (χ1) is 14.4. The second kappa shape index (κ2) is 6.85. The average molecular weight is 465 g/mol. The monoisotopic (exact) mass is 464 g/mol. The molecule has 4 rings (SSSR count). The maximum absolute atomic E-state index is 14.3. The molecular formula is C17H17ClF4N6O3. The fourth-order valence-corrected chi connectivity index (χ4v) is 4.61. The maximum Gasteiger partial charge on any atom is 0.416 e. The molecule has 1 saturated heterocycles. The van der Waals surface area contributed by atoms with Gasteiger partial charge in [-0.1, -0.05) is 18.5 Å². The lowest BCUT2D eigenvalue weighted by Crippen LogP contribution is -2.69. The lowest BCUT2D eigenvalue weighted by molar-refractivity contribution is -0.165. The predicted molar refractivity (Wildman–Crippen MR) is 99.7 cm³/mol. The van der Waals surface area contributed by atoms with E-state index in [0.717, 1.165) is 5.06 Å². The van der Waals surface area contributed by atoms with Crippen molar-refractivity contribution >= 4 is 29.5 Å². The van der Waals surface area contributed by atoms with Gasteiger partial charge in [-0.05, 0) is 12.1 Å². The number of esters is 1. The highest BCUT2D eigenvalue weighted by atomic mass is 35.5. The molecule has 0 radical (unpaired) electrons. The Morgan fingerprint density at radius 3 is 2.68 bits per heavy atom. The van der Waals surface area contributed by atoms with Gasteiger partial charge in [0.1, 0.15) is 12.1 Å². The Hall–Kier alpha value is -2.80. The number of hydrogen-bond acceptors (Lipinski definition) is 9. The van der Waals surface area contributed by atoms with Crippen molar-refractivity contribution in [3.8, 4) is 0 Å². The minimum absolute atomic E-state index is 0.0406. The molecule has 0 aliphatic carbocycles. The summed E-state index contributed by atoms with van der Waals surface area (Å²) in [4.78, 5) is 22.4. The molecule has 168 valence electrons. The SMILES string of the molecule is CC1C(OC(=O)c2cc(C(F)(F)F)cc(Cl)c2F)CN2C(N)=NCC3N=C(N)N(O)C312. The molecule has 0 bridgehead atoms. The zero-order valence-electron chi connectivity index (χ0n) is 15.9. The first-order valence-electron chi connectivity index (χ1n) is 9.06. The number of guanidine groups is 2. The van der Waals surface area contributed by atoms with Gasteiger partial charge >= 0.3 is 12.1 Å². The molecule has 1 spiro atoms. The summed E-state index contributed by atoms with van der Waals surface area (Å²) in [5, 5.41) is 10.5. The van der Waals surface area contributed by atoms with Crippen molar-refractivity contribution in [1.29, 1.82) is 0 Å². The van der Waals surface area contributed by atoms with Crippen LogP contribution in [-0.2, 0) is 10.9 Å². The molecule has 0 amide bonds. The van der Waals surface area contributed by atoms with E-state index >= 15 is 0 Å². The van der Waals surface area contributed by atoms with Crippen molar-refractivity contribution in [1.82, 2.24) is 9.96 Å². The van der Waals surface area contributed by atoms with Gasteiger partial charge in [0.15, 0.2) is 17.4 Å². The molecule has 5 N–H and O–H groups in total. The third-order valence-electron chi connectivity index (χ3n) is 5.89. The molecule has 1 aromatic rings. The van der Waals surface area contributed by atoms with E-state index in [9.17, 15) is 27.6 Å². The summed E-state index contributed by atoms with van der Waals surface area (Å²) in [7, 11) is 0. The topological polar surface area (TPSA) is 130 Å². The van der Waals surface area contributed by atoms with E-state index in [-0.39, 0.29) is 25.0 Å². The highest BCUT2D eigenvalue weighted by Crippen LogP contribution is 2.46. The summed E-state index contributed by atoms with van der Waals surface area (Å²) < 4.78 is 58.9. The van der Waals surface area contributed by atoms with Crippen LogP contribution in [0.15, 0.2) is 22.1 Å². The molecule has 0 saturated carbocycles. The molecule has 1 fully saturated rings. The smallest absolute Gasteiger partial charge is 0.416 e. The van der Waals surface area contributed by atoms with Crippen LogP contribution in [0.5, 0.6) is 0 Å². The van der Waals surface area contributed by atoms with Gasteiger partial charge < -0.3 is 21.1 Å². The van der Waals surface area contributed by atoms with Crippen molar-refractivity contribution in [3.63, 3.8) is 0 Å². The Kier molecular flexibility index (Phi) is 4.74. The van der Waals surface area contributed by atoms with E-state index < -0.39 is 57.8 Å². The van der Waals surface area contributed by atoms with Crippen LogP contribution in [0.2, 0.25) is 5.02 Å². The number of hydrogen-bond donors (Lipinski definition) is 3.